The molecule has 0 aromatic heterocycles. The van der Waals surface area contributed by atoms with Gasteiger partial charge in [0.15, 0.2) is 0 Å². The maximum atomic E-state index is 12.0. The normalized spacial score (nSPS) is 12.6. The van der Waals surface area contributed by atoms with Gasteiger partial charge in [0.25, 0.3) is 0 Å². The average Bonchev–Trinajstić information content (AvgIpc) is 2.38. The molecular formula is C11H12N2O5S. The van der Waals surface area contributed by atoms with E-state index >= 15 is 0 Å². The molecule has 0 aliphatic heterocycles. The number of rotatable bonds is 6. The van der Waals surface area contributed by atoms with Crippen molar-refractivity contribution in [3.05, 3.63) is 29.8 Å². The smallest absolute Gasteiger partial charge is 0.324 e. The van der Waals surface area contributed by atoms with Crippen molar-refractivity contribution in [1.82, 2.24) is 4.72 Å². The number of nitriles is 1. The van der Waals surface area contributed by atoms with E-state index in [1.807, 2.05) is 4.72 Å². The second-order valence-electron chi connectivity index (χ2n) is 3.58. The summed E-state index contributed by atoms with van der Waals surface area (Å²) in [6.45, 7) is -0.316. The lowest BCUT2D eigenvalue weighted by Gasteiger charge is -2.14. The maximum Gasteiger partial charge on any atom is 0.324 e. The van der Waals surface area contributed by atoms with Crippen molar-refractivity contribution in [2.75, 3.05) is 13.7 Å². The van der Waals surface area contributed by atoms with Gasteiger partial charge in [0.05, 0.1) is 17.1 Å². The molecule has 1 unspecified atom stereocenters. The Balaban J connectivity index is 3.11. The van der Waals surface area contributed by atoms with Crippen molar-refractivity contribution >= 4 is 16.0 Å². The molecule has 0 fully saturated rings. The molecule has 8 heteroatoms. The summed E-state index contributed by atoms with van der Waals surface area (Å²) in [6, 6.07) is 5.85. The molecule has 19 heavy (non-hydrogen) atoms. The molecule has 0 amide bonds. The Labute approximate surface area is 110 Å². The molecule has 0 saturated carbocycles. The van der Waals surface area contributed by atoms with Crippen molar-refractivity contribution in [3.63, 3.8) is 0 Å². The van der Waals surface area contributed by atoms with Gasteiger partial charge in [0.2, 0.25) is 10.0 Å². The van der Waals surface area contributed by atoms with Crippen molar-refractivity contribution in [3.8, 4) is 6.07 Å². The lowest BCUT2D eigenvalue weighted by atomic mass is 10.2. The minimum absolute atomic E-state index is 0.0587. The molecule has 0 aliphatic rings. The van der Waals surface area contributed by atoms with E-state index in [0.29, 0.717) is 0 Å². The van der Waals surface area contributed by atoms with E-state index in [0.717, 1.165) is 0 Å². The van der Waals surface area contributed by atoms with Crippen LogP contribution in [0.2, 0.25) is 0 Å². The first-order valence-electron chi connectivity index (χ1n) is 5.15. The zero-order valence-electron chi connectivity index (χ0n) is 10.0. The van der Waals surface area contributed by atoms with E-state index in [4.69, 9.17) is 10.4 Å². The molecule has 0 saturated heterocycles. The van der Waals surface area contributed by atoms with E-state index in [-0.39, 0.29) is 17.1 Å². The number of carboxylic acid groups (broad SMARTS) is 1. The van der Waals surface area contributed by atoms with Gasteiger partial charge in [-0.1, -0.05) is 12.1 Å². The van der Waals surface area contributed by atoms with Crippen LogP contribution in [-0.4, -0.2) is 39.3 Å². The van der Waals surface area contributed by atoms with Gasteiger partial charge in [-0.05, 0) is 12.1 Å². The third-order valence-corrected chi connectivity index (χ3v) is 3.76. The van der Waals surface area contributed by atoms with Gasteiger partial charge in [0.1, 0.15) is 12.1 Å². The molecular weight excluding hydrogens is 272 g/mol. The van der Waals surface area contributed by atoms with Gasteiger partial charge < -0.3 is 9.84 Å². The summed E-state index contributed by atoms with van der Waals surface area (Å²) in [5.41, 5.74) is -0.0587. The molecule has 0 heterocycles. The number of benzene rings is 1. The summed E-state index contributed by atoms with van der Waals surface area (Å²) in [6.07, 6.45) is 0. The topological polar surface area (TPSA) is 116 Å². The summed E-state index contributed by atoms with van der Waals surface area (Å²) >= 11 is 0. The number of nitrogens with one attached hydrogen (secondary N) is 1. The van der Waals surface area contributed by atoms with Crippen LogP contribution >= 0.6 is 0 Å². The Bertz CT molecular complexity index is 606. The number of aliphatic carboxylic acids is 1. The first-order chi connectivity index (χ1) is 8.92. The van der Waals surface area contributed by atoms with Gasteiger partial charge >= 0.3 is 5.97 Å². The van der Waals surface area contributed by atoms with Crippen molar-refractivity contribution in [2.24, 2.45) is 0 Å². The van der Waals surface area contributed by atoms with E-state index in [2.05, 4.69) is 4.74 Å². The van der Waals surface area contributed by atoms with Crippen LogP contribution in [0, 0.1) is 11.3 Å². The fourth-order valence-electron chi connectivity index (χ4n) is 1.37. The molecule has 0 radical (unpaired) electrons. The number of methoxy groups -OCH3 is 1. The second-order valence-corrected chi connectivity index (χ2v) is 5.26. The molecule has 1 aromatic rings. The Hall–Kier alpha value is -1.95. The number of nitrogens with zero attached hydrogens (tertiary/aromatic N) is 1. The molecule has 0 aliphatic carbocycles. The fraction of sp³-hybridized carbons (Fsp3) is 0.273. The maximum absolute atomic E-state index is 12.0. The van der Waals surface area contributed by atoms with Crippen molar-refractivity contribution in [1.29, 1.82) is 5.26 Å². The first-order valence-corrected chi connectivity index (χ1v) is 6.64. The number of hydrogen-bond acceptors (Lipinski definition) is 5. The Morgan fingerprint density at radius 1 is 1.53 bits per heavy atom. The quantitative estimate of drug-likeness (QED) is 0.755. The van der Waals surface area contributed by atoms with Gasteiger partial charge in [-0.25, -0.2) is 8.42 Å². The highest BCUT2D eigenvalue weighted by Gasteiger charge is 2.26. The molecule has 1 aromatic carbocycles. The zero-order valence-corrected chi connectivity index (χ0v) is 10.8. The SMILES string of the molecule is COCC(NS(=O)(=O)c1ccccc1C#N)C(=O)O. The first kappa shape index (κ1) is 15.1. The van der Waals surface area contributed by atoms with Gasteiger partial charge in [0, 0.05) is 7.11 Å². The van der Waals surface area contributed by atoms with Crippen LogP contribution in [0.4, 0.5) is 0 Å². The summed E-state index contributed by atoms with van der Waals surface area (Å²) in [4.78, 5) is 10.6. The fourth-order valence-corrected chi connectivity index (χ4v) is 2.70. The molecule has 1 atom stereocenters. The lowest BCUT2D eigenvalue weighted by Crippen LogP contribution is -2.43. The van der Waals surface area contributed by atoms with Crippen LogP contribution in [0.15, 0.2) is 29.2 Å². The van der Waals surface area contributed by atoms with Crippen LogP contribution < -0.4 is 4.72 Å². The molecule has 0 bridgehead atoms. The summed E-state index contributed by atoms with van der Waals surface area (Å²) < 4.78 is 30.7. The molecule has 2 N–H and O–H groups in total. The predicted octanol–water partition coefficient (Wildman–Crippen LogP) is -0.0638. The minimum Gasteiger partial charge on any atom is -0.480 e. The molecule has 0 spiro atoms. The highest BCUT2D eigenvalue weighted by molar-refractivity contribution is 7.89. The Morgan fingerprint density at radius 2 is 2.16 bits per heavy atom. The van der Waals surface area contributed by atoms with Crippen molar-refractivity contribution < 1.29 is 23.1 Å². The minimum atomic E-state index is -4.10. The average molecular weight is 284 g/mol. The van der Waals surface area contributed by atoms with Crippen molar-refractivity contribution in [2.45, 2.75) is 10.9 Å². The van der Waals surface area contributed by atoms with Gasteiger partial charge in [-0.2, -0.15) is 9.98 Å². The highest BCUT2D eigenvalue weighted by Crippen LogP contribution is 2.14. The van der Waals surface area contributed by atoms with Crippen LogP contribution in [0.1, 0.15) is 5.56 Å². The van der Waals surface area contributed by atoms with Crippen LogP contribution in [0.5, 0.6) is 0 Å². The monoisotopic (exact) mass is 284 g/mol. The third kappa shape index (κ3) is 3.75. The number of ether oxygens (including phenoxy) is 1. The lowest BCUT2D eigenvalue weighted by molar-refractivity contribution is -0.140. The summed E-state index contributed by atoms with van der Waals surface area (Å²) in [5.74, 6) is -1.36. The van der Waals surface area contributed by atoms with Crippen LogP contribution in [-0.2, 0) is 19.6 Å². The van der Waals surface area contributed by atoms with Crippen LogP contribution in [0.3, 0.4) is 0 Å². The summed E-state index contributed by atoms with van der Waals surface area (Å²) in [5, 5.41) is 17.7. The Morgan fingerprint density at radius 3 is 2.68 bits per heavy atom. The highest BCUT2D eigenvalue weighted by atomic mass is 32.2. The standard InChI is InChI=1S/C11H12N2O5S/c1-18-7-9(11(14)15)13-19(16,17)10-5-3-2-4-8(10)6-12/h2-5,9,13H,7H2,1H3,(H,14,15). The van der Waals surface area contributed by atoms with Crippen LogP contribution in [0.25, 0.3) is 0 Å². The largest absolute Gasteiger partial charge is 0.480 e. The Kier molecular flexibility index (Phi) is 5.00. The van der Waals surface area contributed by atoms with Gasteiger partial charge in [-0.15, -0.1) is 0 Å². The number of sulfonamides is 1. The van der Waals surface area contributed by atoms with E-state index in [1.165, 1.54) is 31.4 Å². The number of hydrogen-bond donors (Lipinski definition) is 2. The molecule has 1 rings (SSSR count). The number of carboxylic acids is 1. The zero-order chi connectivity index (χ0) is 14.5. The second kappa shape index (κ2) is 6.29. The number of carbonyl (C=O) groups is 1. The van der Waals surface area contributed by atoms with E-state index in [9.17, 15) is 13.2 Å². The molecule has 7 nitrogen and oxygen atoms in total. The van der Waals surface area contributed by atoms with E-state index in [1.54, 1.807) is 6.07 Å². The summed E-state index contributed by atoms with van der Waals surface area (Å²) in [7, 11) is -2.85. The van der Waals surface area contributed by atoms with E-state index < -0.39 is 22.0 Å². The predicted molar refractivity (Wildman–Crippen MR) is 64.8 cm³/mol. The van der Waals surface area contributed by atoms with Gasteiger partial charge in [-0.3, -0.25) is 4.79 Å². The molecule has 102 valence electrons. The third-order valence-electron chi connectivity index (χ3n) is 2.23.